The molecule has 0 fully saturated rings. The SMILES string of the molecule is CCCCCC/C=C\C/C=C\CCCCCCCC(=O)OCCCCCCCCCCC/C=C\C/C=C\CCCCCCCCCCCCCC(=O)NC(CO)C(O)CCCCCCCCCCCCCCCCCCCCCCCCC. The van der Waals surface area contributed by atoms with Gasteiger partial charge < -0.3 is 20.3 Å². The second-order valence-corrected chi connectivity index (χ2v) is 25.6. The van der Waals surface area contributed by atoms with Crippen LogP contribution in [0.3, 0.4) is 0 Å². The lowest BCUT2D eigenvalue weighted by Gasteiger charge is -2.22. The third-order valence-electron chi connectivity index (χ3n) is 17.4. The minimum atomic E-state index is -0.669. The van der Waals surface area contributed by atoms with Gasteiger partial charge in [-0.15, -0.1) is 0 Å². The van der Waals surface area contributed by atoms with Crippen LogP contribution in [0, 0.1) is 0 Å². The van der Waals surface area contributed by atoms with Gasteiger partial charge in [-0.1, -0.05) is 351 Å². The van der Waals surface area contributed by atoms with Crippen molar-refractivity contribution in [2.75, 3.05) is 13.2 Å². The van der Waals surface area contributed by atoms with Gasteiger partial charge in [0.1, 0.15) is 0 Å². The Morgan fingerprint density at radius 3 is 0.928 bits per heavy atom. The molecule has 0 aliphatic rings. The van der Waals surface area contributed by atoms with Crippen LogP contribution < -0.4 is 5.32 Å². The topological polar surface area (TPSA) is 95.9 Å². The summed E-state index contributed by atoms with van der Waals surface area (Å²) in [6, 6.07) is -0.546. The molecule has 0 heterocycles. The summed E-state index contributed by atoms with van der Waals surface area (Å²) in [6.45, 7) is 4.96. The summed E-state index contributed by atoms with van der Waals surface area (Å²) in [5.74, 6) is -0.0365. The minimum Gasteiger partial charge on any atom is -0.466 e. The van der Waals surface area contributed by atoms with Crippen molar-refractivity contribution in [1.82, 2.24) is 5.32 Å². The number of carbonyl (C=O) groups excluding carboxylic acids is 2. The van der Waals surface area contributed by atoms with E-state index in [1.807, 2.05) is 0 Å². The Balaban J connectivity index is 3.42. The molecule has 0 aromatic rings. The minimum absolute atomic E-state index is 0.00241. The van der Waals surface area contributed by atoms with Crippen molar-refractivity contribution in [2.24, 2.45) is 0 Å². The maximum atomic E-state index is 12.6. The van der Waals surface area contributed by atoms with E-state index in [1.54, 1.807) is 0 Å². The van der Waals surface area contributed by atoms with E-state index in [2.05, 4.69) is 67.8 Å². The summed E-state index contributed by atoms with van der Waals surface area (Å²) < 4.78 is 5.49. The van der Waals surface area contributed by atoms with Gasteiger partial charge in [0.15, 0.2) is 0 Å². The van der Waals surface area contributed by atoms with Crippen molar-refractivity contribution in [1.29, 1.82) is 0 Å². The summed E-state index contributed by atoms with van der Waals surface area (Å²) in [4.78, 5) is 24.6. The fourth-order valence-corrected chi connectivity index (χ4v) is 11.6. The molecule has 3 N–H and O–H groups in total. The molecule has 0 spiro atoms. The van der Waals surface area contributed by atoms with Gasteiger partial charge in [-0.05, 0) is 89.9 Å². The maximum absolute atomic E-state index is 12.6. The molecule has 0 radical (unpaired) electrons. The number of ether oxygens (including phenoxy) is 1. The van der Waals surface area contributed by atoms with Crippen molar-refractivity contribution < 1.29 is 24.5 Å². The van der Waals surface area contributed by atoms with Gasteiger partial charge in [-0.2, -0.15) is 0 Å². The van der Waals surface area contributed by atoms with E-state index in [0.717, 1.165) is 57.8 Å². The summed E-state index contributed by atoms with van der Waals surface area (Å²) in [6.07, 6.45) is 94.5. The van der Waals surface area contributed by atoms with Crippen molar-refractivity contribution in [2.45, 2.75) is 418 Å². The number of carbonyl (C=O) groups is 2. The molecule has 0 aromatic heterocycles. The molecule has 2 atom stereocenters. The average molecular weight is 1170 g/mol. The van der Waals surface area contributed by atoms with Crippen molar-refractivity contribution >= 4 is 11.9 Å². The number of esters is 1. The van der Waals surface area contributed by atoms with E-state index in [4.69, 9.17) is 4.74 Å². The first-order valence-electron chi connectivity index (χ1n) is 37.4. The summed E-state index contributed by atoms with van der Waals surface area (Å²) in [7, 11) is 0. The van der Waals surface area contributed by atoms with Crippen LogP contribution in [0.1, 0.15) is 406 Å². The van der Waals surface area contributed by atoms with E-state index < -0.39 is 12.1 Å². The zero-order valence-corrected chi connectivity index (χ0v) is 55.9. The van der Waals surface area contributed by atoms with Gasteiger partial charge in [0.05, 0.1) is 25.4 Å². The fourth-order valence-electron chi connectivity index (χ4n) is 11.6. The number of amides is 1. The second kappa shape index (κ2) is 72.3. The van der Waals surface area contributed by atoms with Crippen molar-refractivity contribution in [3.8, 4) is 0 Å². The molecule has 6 heteroatoms. The molecule has 6 nitrogen and oxygen atoms in total. The van der Waals surface area contributed by atoms with Crippen LogP contribution in [-0.2, 0) is 14.3 Å². The van der Waals surface area contributed by atoms with Gasteiger partial charge in [-0.25, -0.2) is 0 Å². The number of hydrogen-bond acceptors (Lipinski definition) is 5. The molecule has 1 amide bonds. The third-order valence-corrected chi connectivity index (χ3v) is 17.4. The highest BCUT2D eigenvalue weighted by Crippen LogP contribution is 2.19. The van der Waals surface area contributed by atoms with E-state index in [1.165, 1.54) is 315 Å². The summed E-state index contributed by atoms with van der Waals surface area (Å²) in [5, 5.41) is 23.4. The Morgan fingerprint density at radius 2 is 0.602 bits per heavy atom. The van der Waals surface area contributed by atoms with E-state index in [9.17, 15) is 19.8 Å². The highest BCUT2D eigenvalue weighted by Gasteiger charge is 2.20. The first-order valence-corrected chi connectivity index (χ1v) is 37.4. The lowest BCUT2D eigenvalue weighted by Crippen LogP contribution is -2.45. The number of nitrogens with one attached hydrogen (secondary N) is 1. The molecule has 2 unspecified atom stereocenters. The van der Waals surface area contributed by atoms with Crippen LogP contribution >= 0.6 is 0 Å². The zero-order chi connectivity index (χ0) is 59.9. The number of hydrogen-bond donors (Lipinski definition) is 3. The number of aliphatic hydroxyl groups excluding tert-OH is 2. The molecule has 83 heavy (non-hydrogen) atoms. The number of rotatable bonds is 70. The zero-order valence-electron chi connectivity index (χ0n) is 55.9. The molecule has 488 valence electrons. The molecular formula is C77H145NO5. The normalized spacial score (nSPS) is 12.8. The summed E-state index contributed by atoms with van der Waals surface area (Å²) in [5.41, 5.74) is 0. The Hall–Kier alpha value is -2.18. The second-order valence-electron chi connectivity index (χ2n) is 25.6. The molecule has 0 bridgehead atoms. The van der Waals surface area contributed by atoms with E-state index in [-0.39, 0.29) is 18.5 Å². The Kier molecular flexibility index (Phi) is 70.4. The average Bonchev–Trinajstić information content (AvgIpc) is 3.49. The van der Waals surface area contributed by atoms with E-state index in [0.29, 0.717) is 25.9 Å². The molecule has 0 aliphatic heterocycles. The van der Waals surface area contributed by atoms with Crippen molar-refractivity contribution in [3.63, 3.8) is 0 Å². The summed E-state index contributed by atoms with van der Waals surface area (Å²) >= 11 is 0. The first kappa shape index (κ1) is 80.8. The Morgan fingerprint density at radius 1 is 0.337 bits per heavy atom. The van der Waals surface area contributed by atoms with Gasteiger partial charge in [0.25, 0.3) is 0 Å². The predicted octanol–water partition coefficient (Wildman–Crippen LogP) is 24.4. The molecule has 0 rings (SSSR count). The lowest BCUT2D eigenvalue weighted by atomic mass is 10.0. The third kappa shape index (κ3) is 68.8. The van der Waals surface area contributed by atoms with Crippen LogP contribution in [0.15, 0.2) is 48.6 Å². The standard InChI is InChI=1S/C77H145NO5/c1-3-5-7-9-11-13-15-17-19-21-22-23-29-32-35-38-41-45-49-53-57-61-65-69-75(80)74(73-79)78-76(81)70-66-62-58-54-50-46-42-39-36-33-30-27-25-24-26-28-31-34-37-40-44-48-52-56-60-64-68-72-83-77(82)71-67-63-59-55-51-47-43-20-18-16-14-12-10-8-6-4-2/h14,16,20,24-25,28,31,43,74-75,79-80H,3-13,15,17-19,21-23,26-27,29-30,32-42,44-73H2,1-2H3,(H,78,81)/b16-14-,25-24-,31-28-,43-20-. The van der Waals surface area contributed by atoms with Crippen LogP contribution in [0.2, 0.25) is 0 Å². The molecule has 0 aromatic carbocycles. The van der Waals surface area contributed by atoms with Gasteiger partial charge >= 0.3 is 5.97 Å². The Labute approximate surface area is 518 Å². The predicted molar refractivity (Wildman–Crippen MR) is 366 cm³/mol. The number of allylic oxidation sites excluding steroid dienone is 8. The van der Waals surface area contributed by atoms with Crippen LogP contribution in [0.4, 0.5) is 0 Å². The van der Waals surface area contributed by atoms with Gasteiger partial charge in [-0.3, -0.25) is 9.59 Å². The number of unbranched alkanes of at least 4 members (excludes halogenated alkanes) is 51. The van der Waals surface area contributed by atoms with Crippen LogP contribution in [0.5, 0.6) is 0 Å². The first-order chi connectivity index (χ1) is 41.0. The molecule has 0 aliphatic carbocycles. The van der Waals surface area contributed by atoms with Gasteiger partial charge in [0.2, 0.25) is 5.91 Å². The largest absolute Gasteiger partial charge is 0.466 e. The highest BCUT2D eigenvalue weighted by molar-refractivity contribution is 5.76. The number of aliphatic hydroxyl groups is 2. The van der Waals surface area contributed by atoms with Crippen molar-refractivity contribution in [3.05, 3.63) is 48.6 Å². The lowest BCUT2D eigenvalue weighted by molar-refractivity contribution is -0.143. The molecule has 0 saturated heterocycles. The quantitative estimate of drug-likeness (QED) is 0.0320. The smallest absolute Gasteiger partial charge is 0.305 e. The Bertz CT molecular complexity index is 1390. The highest BCUT2D eigenvalue weighted by atomic mass is 16.5. The molecular weight excluding hydrogens is 1020 g/mol. The van der Waals surface area contributed by atoms with Crippen LogP contribution in [-0.4, -0.2) is 47.4 Å². The maximum Gasteiger partial charge on any atom is 0.305 e. The fraction of sp³-hybridized carbons (Fsp3) is 0.870. The van der Waals surface area contributed by atoms with Gasteiger partial charge in [0, 0.05) is 12.8 Å². The molecule has 0 saturated carbocycles. The van der Waals surface area contributed by atoms with E-state index >= 15 is 0 Å². The monoisotopic (exact) mass is 1160 g/mol. The van der Waals surface area contributed by atoms with Crippen LogP contribution in [0.25, 0.3) is 0 Å².